The third-order valence-electron chi connectivity index (χ3n) is 5.81. The molecule has 160 valence electrons. The normalized spacial score (nSPS) is 19.2. The molecule has 29 heavy (non-hydrogen) atoms. The highest BCUT2D eigenvalue weighted by Crippen LogP contribution is 2.48. The number of hydrogen-bond donors (Lipinski definition) is 3. The van der Waals surface area contributed by atoms with Gasteiger partial charge in [-0.25, -0.2) is 0 Å². The molecule has 2 unspecified atom stereocenters. The van der Waals surface area contributed by atoms with Crippen LogP contribution < -0.4 is 5.32 Å². The van der Waals surface area contributed by atoms with Gasteiger partial charge in [0.2, 0.25) is 0 Å². The van der Waals surface area contributed by atoms with Crippen LogP contribution in [0, 0.1) is 5.92 Å². The number of phenolic OH excluding ortho intramolecular Hbond substituents is 2. The third-order valence-corrected chi connectivity index (χ3v) is 5.81. The van der Waals surface area contributed by atoms with Crippen molar-refractivity contribution >= 4 is 5.91 Å². The molecule has 1 aromatic rings. The molecular formula is C25H37NO3. The molecule has 0 fully saturated rings. The number of amides is 1. The van der Waals surface area contributed by atoms with Crippen molar-refractivity contribution in [2.75, 3.05) is 0 Å². The van der Waals surface area contributed by atoms with Crippen molar-refractivity contribution in [1.29, 1.82) is 0 Å². The molecular weight excluding hydrogens is 362 g/mol. The Hall–Kier alpha value is -2.23. The number of aryl methyl sites for hydroxylation is 1. The predicted octanol–water partition coefficient (Wildman–Crippen LogP) is 5.98. The smallest absolute Gasteiger partial charge is 0.255 e. The van der Waals surface area contributed by atoms with Crippen molar-refractivity contribution in [3.63, 3.8) is 0 Å². The number of benzene rings is 1. The minimum absolute atomic E-state index is 0.0392. The van der Waals surface area contributed by atoms with Crippen LogP contribution in [-0.4, -0.2) is 22.2 Å². The fourth-order valence-electron chi connectivity index (χ4n) is 4.31. The zero-order valence-electron chi connectivity index (χ0n) is 18.6. The van der Waals surface area contributed by atoms with Gasteiger partial charge in [0.1, 0.15) is 11.5 Å². The van der Waals surface area contributed by atoms with Gasteiger partial charge in [0, 0.05) is 17.5 Å². The number of carbonyl (C=O) groups excluding carboxylic acids is 1. The molecule has 1 aromatic carbocycles. The minimum atomic E-state index is -0.284. The van der Waals surface area contributed by atoms with E-state index in [1.54, 1.807) is 6.07 Å². The van der Waals surface area contributed by atoms with Gasteiger partial charge < -0.3 is 15.5 Å². The summed E-state index contributed by atoms with van der Waals surface area (Å²) >= 11 is 0. The summed E-state index contributed by atoms with van der Waals surface area (Å²) in [5.74, 6) is -0.359. The maximum Gasteiger partial charge on any atom is 0.255 e. The number of aromatic hydroxyl groups is 2. The Morgan fingerprint density at radius 1 is 1.31 bits per heavy atom. The molecule has 3 N–H and O–H groups in total. The Balaban J connectivity index is 2.62. The van der Waals surface area contributed by atoms with Gasteiger partial charge in [0.25, 0.3) is 5.91 Å². The number of hydrogen-bond acceptors (Lipinski definition) is 3. The number of phenols is 2. The van der Waals surface area contributed by atoms with Crippen LogP contribution in [0.2, 0.25) is 0 Å². The second kappa shape index (κ2) is 10.00. The van der Waals surface area contributed by atoms with E-state index in [2.05, 4.69) is 31.8 Å². The summed E-state index contributed by atoms with van der Waals surface area (Å²) in [4.78, 5) is 13.0. The van der Waals surface area contributed by atoms with Crippen LogP contribution in [0.25, 0.3) is 0 Å². The fourth-order valence-corrected chi connectivity index (χ4v) is 4.31. The summed E-state index contributed by atoms with van der Waals surface area (Å²) in [5.41, 5.74) is 3.72. The van der Waals surface area contributed by atoms with Crippen LogP contribution >= 0.6 is 0 Å². The molecule has 0 aliphatic heterocycles. The van der Waals surface area contributed by atoms with E-state index in [9.17, 15) is 15.0 Å². The van der Waals surface area contributed by atoms with Crippen molar-refractivity contribution in [3.05, 3.63) is 46.6 Å². The number of unbranched alkanes of at least 4 members (excludes halogenated alkanes) is 2. The van der Waals surface area contributed by atoms with Crippen molar-refractivity contribution in [2.45, 2.75) is 85.1 Å². The Morgan fingerprint density at radius 2 is 2.00 bits per heavy atom. The lowest BCUT2D eigenvalue weighted by Gasteiger charge is -2.32. The maximum absolute atomic E-state index is 13.0. The van der Waals surface area contributed by atoms with E-state index in [1.807, 2.05) is 20.8 Å². The summed E-state index contributed by atoms with van der Waals surface area (Å²) in [6.45, 7) is 14.1. The van der Waals surface area contributed by atoms with Crippen molar-refractivity contribution < 1.29 is 15.0 Å². The number of allylic oxidation sites excluding steroid dienone is 3. The molecule has 0 radical (unpaired) electrons. The quantitative estimate of drug-likeness (QED) is 0.372. The molecule has 0 saturated heterocycles. The second-order valence-corrected chi connectivity index (χ2v) is 8.81. The minimum Gasteiger partial charge on any atom is -0.507 e. The first-order valence-electron chi connectivity index (χ1n) is 10.9. The van der Waals surface area contributed by atoms with Gasteiger partial charge in [0.15, 0.2) is 0 Å². The van der Waals surface area contributed by atoms with Gasteiger partial charge in [-0.2, -0.15) is 0 Å². The second-order valence-electron chi connectivity index (χ2n) is 8.81. The van der Waals surface area contributed by atoms with Gasteiger partial charge in [-0.3, -0.25) is 4.79 Å². The molecule has 1 amide bonds. The summed E-state index contributed by atoms with van der Waals surface area (Å²) < 4.78 is 0. The van der Waals surface area contributed by atoms with E-state index < -0.39 is 0 Å². The fraction of sp³-hybridized carbons (Fsp3) is 0.560. The zero-order chi connectivity index (χ0) is 21.7. The van der Waals surface area contributed by atoms with Crippen LogP contribution in [0.1, 0.15) is 94.1 Å². The largest absolute Gasteiger partial charge is 0.507 e. The average Bonchev–Trinajstić information content (AvgIpc) is 2.60. The van der Waals surface area contributed by atoms with Gasteiger partial charge >= 0.3 is 0 Å². The van der Waals surface area contributed by atoms with Crippen LogP contribution in [0.4, 0.5) is 0 Å². The predicted molar refractivity (Wildman–Crippen MR) is 120 cm³/mol. The van der Waals surface area contributed by atoms with Gasteiger partial charge in [-0.15, -0.1) is 0 Å². The van der Waals surface area contributed by atoms with E-state index in [0.717, 1.165) is 37.7 Å². The molecule has 2 atom stereocenters. The highest BCUT2D eigenvalue weighted by Gasteiger charge is 2.33. The maximum atomic E-state index is 13.0. The molecule has 2 rings (SSSR count). The molecule has 1 aliphatic carbocycles. The SMILES string of the molecule is C=C(C)C1CCC(C)=CC1c1c(O)cc(CCCCC)c(C(=O)NC(C)C)c1O. The summed E-state index contributed by atoms with van der Waals surface area (Å²) in [6.07, 6.45) is 7.68. The summed E-state index contributed by atoms with van der Waals surface area (Å²) in [7, 11) is 0. The highest BCUT2D eigenvalue weighted by atomic mass is 16.3. The van der Waals surface area contributed by atoms with Crippen molar-refractivity contribution in [2.24, 2.45) is 5.92 Å². The highest BCUT2D eigenvalue weighted by molar-refractivity contribution is 5.99. The van der Waals surface area contributed by atoms with E-state index >= 15 is 0 Å². The number of carbonyl (C=O) groups is 1. The van der Waals surface area contributed by atoms with E-state index in [-0.39, 0.29) is 35.3 Å². The molecule has 4 nitrogen and oxygen atoms in total. The van der Waals surface area contributed by atoms with Crippen LogP contribution in [0.15, 0.2) is 29.9 Å². The molecule has 0 bridgehead atoms. The third kappa shape index (κ3) is 5.43. The molecule has 1 aliphatic rings. The van der Waals surface area contributed by atoms with Crippen LogP contribution in [-0.2, 0) is 6.42 Å². The van der Waals surface area contributed by atoms with Gasteiger partial charge in [0.05, 0.1) is 5.56 Å². The van der Waals surface area contributed by atoms with Crippen molar-refractivity contribution in [1.82, 2.24) is 5.32 Å². The Bertz CT molecular complexity index is 792. The van der Waals surface area contributed by atoms with Gasteiger partial charge in [-0.05, 0) is 70.9 Å². The van der Waals surface area contributed by atoms with E-state index in [0.29, 0.717) is 23.1 Å². The Kier molecular flexibility index (Phi) is 7.95. The van der Waals surface area contributed by atoms with E-state index in [4.69, 9.17) is 0 Å². The topological polar surface area (TPSA) is 69.6 Å². The molecule has 0 saturated carbocycles. The lowest BCUT2D eigenvalue weighted by Crippen LogP contribution is -2.31. The lowest BCUT2D eigenvalue weighted by molar-refractivity contribution is 0.0939. The number of rotatable bonds is 8. The van der Waals surface area contributed by atoms with E-state index in [1.165, 1.54) is 5.57 Å². The Morgan fingerprint density at radius 3 is 2.59 bits per heavy atom. The van der Waals surface area contributed by atoms with Crippen molar-refractivity contribution in [3.8, 4) is 11.5 Å². The summed E-state index contributed by atoms with van der Waals surface area (Å²) in [5, 5.41) is 25.1. The molecule has 0 aromatic heterocycles. The van der Waals surface area contributed by atoms with Crippen LogP contribution in [0.5, 0.6) is 11.5 Å². The first kappa shape index (κ1) is 23.1. The summed E-state index contributed by atoms with van der Waals surface area (Å²) in [6, 6.07) is 1.65. The first-order valence-corrected chi connectivity index (χ1v) is 10.9. The van der Waals surface area contributed by atoms with Gasteiger partial charge in [-0.1, -0.05) is 43.6 Å². The first-order chi connectivity index (χ1) is 13.7. The average molecular weight is 400 g/mol. The molecule has 0 spiro atoms. The zero-order valence-corrected chi connectivity index (χ0v) is 18.6. The standard InChI is InChI=1S/C25H37NO3/c1-7-8-9-10-18-14-21(27)23(24(28)22(18)25(29)26-16(4)5)20-13-17(6)11-12-19(20)15(2)3/h13-14,16,19-20,27-28H,2,7-12H2,1,3-6H3,(H,26,29). The molecule has 0 heterocycles. The number of nitrogens with one attached hydrogen (secondary N) is 1. The lowest BCUT2D eigenvalue weighted by atomic mass is 9.73. The molecule has 4 heteroatoms. The monoisotopic (exact) mass is 399 g/mol. The Labute approximate surface area is 175 Å². The van der Waals surface area contributed by atoms with Crippen LogP contribution in [0.3, 0.4) is 0 Å².